The number of hydrogen-bond acceptors (Lipinski definition) is 3. The summed E-state index contributed by atoms with van der Waals surface area (Å²) in [7, 11) is 0. The summed E-state index contributed by atoms with van der Waals surface area (Å²) in [4.78, 5) is 25.4. The van der Waals surface area contributed by atoms with Crippen LogP contribution in [0.25, 0.3) is 0 Å². The molecule has 1 fully saturated rings. The Morgan fingerprint density at radius 1 is 1.38 bits per heavy atom. The van der Waals surface area contributed by atoms with Crippen LogP contribution in [0.1, 0.15) is 6.92 Å². The third-order valence-corrected chi connectivity index (χ3v) is 3.62. The van der Waals surface area contributed by atoms with E-state index in [1.165, 1.54) is 0 Å². The van der Waals surface area contributed by atoms with E-state index in [2.05, 4.69) is 26.6 Å². The molecule has 1 saturated heterocycles. The molecule has 21 heavy (non-hydrogen) atoms. The molecule has 0 spiro atoms. The van der Waals surface area contributed by atoms with Gasteiger partial charge in [0.1, 0.15) is 0 Å². The Kier molecular flexibility index (Phi) is 5.58. The highest BCUT2D eigenvalue weighted by molar-refractivity contribution is 9.10. The van der Waals surface area contributed by atoms with Crippen molar-refractivity contribution in [1.82, 2.24) is 10.2 Å². The first-order valence-corrected chi connectivity index (χ1v) is 7.53. The molecule has 0 radical (unpaired) electrons. The number of nitrogens with one attached hydrogen (secondary N) is 2. The lowest BCUT2D eigenvalue weighted by Gasteiger charge is -2.31. The maximum Gasteiger partial charge on any atom is 0.319 e. The summed E-state index contributed by atoms with van der Waals surface area (Å²) >= 11 is 3.32. The molecule has 2 N–H and O–H groups in total. The standard InChI is InChI=1S/C14H18BrN3O3/c1-10-9-18(6-7-21-10)13(19)8-16-14(20)17-12-4-2-11(15)3-5-12/h2-5,10H,6-9H2,1H3,(H2,16,17,20). The van der Waals surface area contributed by atoms with E-state index in [4.69, 9.17) is 4.74 Å². The molecule has 7 heteroatoms. The van der Waals surface area contributed by atoms with Crippen LogP contribution in [0.3, 0.4) is 0 Å². The summed E-state index contributed by atoms with van der Waals surface area (Å²) in [6, 6.07) is 6.81. The molecule has 1 aliphatic rings. The van der Waals surface area contributed by atoms with E-state index < -0.39 is 6.03 Å². The third kappa shape index (κ3) is 5.02. The van der Waals surface area contributed by atoms with Crippen molar-refractivity contribution in [2.24, 2.45) is 0 Å². The highest BCUT2D eigenvalue weighted by Gasteiger charge is 2.21. The molecular weight excluding hydrogens is 338 g/mol. The molecule has 1 atom stereocenters. The number of rotatable bonds is 3. The van der Waals surface area contributed by atoms with Gasteiger partial charge in [-0.05, 0) is 31.2 Å². The lowest BCUT2D eigenvalue weighted by atomic mass is 10.3. The van der Waals surface area contributed by atoms with E-state index in [0.717, 1.165) is 4.47 Å². The van der Waals surface area contributed by atoms with Crippen LogP contribution in [0.4, 0.5) is 10.5 Å². The Bertz CT molecular complexity index is 507. The molecule has 1 heterocycles. The highest BCUT2D eigenvalue weighted by atomic mass is 79.9. The van der Waals surface area contributed by atoms with Gasteiger partial charge in [0.2, 0.25) is 5.91 Å². The van der Waals surface area contributed by atoms with Crippen molar-refractivity contribution >= 4 is 33.6 Å². The third-order valence-electron chi connectivity index (χ3n) is 3.10. The number of halogens is 1. The van der Waals surface area contributed by atoms with Gasteiger partial charge in [-0.15, -0.1) is 0 Å². The van der Waals surface area contributed by atoms with Crippen LogP contribution < -0.4 is 10.6 Å². The quantitative estimate of drug-likeness (QED) is 0.868. The van der Waals surface area contributed by atoms with Gasteiger partial charge in [-0.1, -0.05) is 15.9 Å². The monoisotopic (exact) mass is 355 g/mol. The largest absolute Gasteiger partial charge is 0.375 e. The summed E-state index contributed by atoms with van der Waals surface area (Å²) in [6.07, 6.45) is 0.0410. The van der Waals surface area contributed by atoms with Crippen molar-refractivity contribution < 1.29 is 14.3 Å². The van der Waals surface area contributed by atoms with E-state index in [0.29, 0.717) is 25.4 Å². The summed E-state index contributed by atoms with van der Waals surface area (Å²) in [5.74, 6) is -0.101. The van der Waals surface area contributed by atoms with Crippen LogP contribution in [0.15, 0.2) is 28.7 Å². The van der Waals surface area contributed by atoms with E-state index in [-0.39, 0.29) is 18.6 Å². The van der Waals surface area contributed by atoms with E-state index in [9.17, 15) is 9.59 Å². The molecule has 1 aliphatic heterocycles. The Hall–Kier alpha value is -1.60. The van der Waals surface area contributed by atoms with Crippen LogP contribution in [0.5, 0.6) is 0 Å². The van der Waals surface area contributed by atoms with E-state index in [1.807, 2.05) is 19.1 Å². The number of benzene rings is 1. The van der Waals surface area contributed by atoms with Crippen molar-refractivity contribution in [1.29, 1.82) is 0 Å². The Morgan fingerprint density at radius 2 is 2.10 bits per heavy atom. The zero-order chi connectivity index (χ0) is 15.2. The highest BCUT2D eigenvalue weighted by Crippen LogP contribution is 2.13. The average molecular weight is 356 g/mol. The summed E-state index contributed by atoms with van der Waals surface area (Å²) in [5, 5.41) is 5.23. The average Bonchev–Trinajstić information content (AvgIpc) is 2.47. The van der Waals surface area contributed by atoms with Crippen LogP contribution in [-0.2, 0) is 9.53 Å². The second kappa shape index (κ2) is 7.42. The van der Waals surface area contributed by atoms with Gasteiger partial charge >= 0.3 is 6.03 Å². The molecule has 3 amide bonds. The van der Waals surface area contributed by atoms with Gasteiger partial charge in [-0.25, -0.2) is 4.79 Å². The minimum atomic E-state index is -0.396. The van der Waals surface area contributed by atoms with Crippen molar-refractivity contribution in [3.05, 3.63) is 28.7 Å². The Balaban J connectivity index is 1.75. The SMILES string of the molecule is CC1CN(C(=O)CNC(=O)Nc2ccc(Br)cc2)CCO1. The first kappa shape index (κ1) is 15.8. The summed E-state index contributed by atoms with van der Waals surface area (Å²) in [6.45, 7) is 3.58. The van der Waals surface area contributed by atoms with Crippen LogP contribution >= 0.6 is 15.9 Å². The predicted octanol–water partition coefficient (Wildman–Crippen LogP) is 1.82. The van der Waals surface area contributed by atoms with Crippen LogP contribution in [-0.4, -0.2) is 49.2 Å². The number of carbonyl (C=O) groups is 2. The normalized spacial score (nSPS) is 18.2. The molecule has 0 aliphatic carbocycles. The van der Waals surface area contributed by atoms with Gasteiger partial charge < -0.3 is 20.3 Å². The lowest BCUT2D eigenvalue weighted by molar-refractivity contribution is -0.136. The number of carbonyl (C=O) groups excluding carboxylic acids is 2. The zero-order valence-corrected chi connectivity index (χ0v) is 13.4. The minimum Gasteiger partial charge on any atom is -0.375 e. The summed E-state index contributed by atoms with van der Waals surface area (Å²) < 4.78 is 6.31. The van der Waals surface area contributed by atoms with Crippen LogP contribution in [0.2, 0.25) is 0 Å². The number of nitrogens with zero attached hydrogens (tertiary/aromatic N) is 1. The maximum atomic E-state index is 12.0. The lowest BCUT2D eigenvalue weighted by Crippen LogP contribution is -2.48. The summed E-state index contributed by atoms with van der Waals surface area (Å²) in [5.41, 5.74) is 0.670. The van der Waals surface area contributed by atoms with Gasteiger partial charge in [0.15, 0.2) is 0 Å². The van der Waals surface area contributed by atoms with Crippen molar-refractivity contribution in [3.8, 4) is 0 Å². The second-order valence-electron chi connectivity index (χ2n) is 4.84. The second-order valence-corrected chi connectivity index (χ2v) is 5.75. The van der Waals surface area contributed by atoms with Gasteiger partial charge in [0, 0.05) is 23.2 Å². The van der Waals surface area contributed by atoms with Crippen molar-refractivity contribution in [3.63, 3.8) is 0 Å². The molecule has 1 aromatic rings. The molecule has 1 unspecified atom stereocenters. The fourth-order valence-corrected chi connectivity index (χ4v) is 2.29. The fourth-order valence-electron chi connectivity index (χ4n) is 2.02. The fraction of sp³-hybridized carbons (Fsp3) is 0.429. The molecular formula is C14H18BrN3O3. The first-order chi connectivity index (χ1) is 10.0. The zero-order valence-electron chi connectivity index (χ0n) is 11.8. The van der Waals surface area contributed by atoms with Crippen molar-refractivity contribution in [2.75, 3.05) is 31.6 Å². The predicted molar refractivity (Wildman–Crippen MR) is 83.2 cm³/mol. The first-order valence-electron chi connectivity index (χ1n) is 6.74. The van der Waals surface area contributed by atoms with E-state index >= 15 is 0 Å². The molecule has 0 aromatic heterocycles. The number of anilines is 1. The molecule has 1 aromatic carbocycles. The topological polar surface area (TPSA) is 70.7 Å². The number of amides is 3. The van der Waals surface area contributed by atoms with Gasteiger partial charge in [-0.2, -0.15) is 0 Å². The minimum absolute atomic E-state index is 0.0188. The number of ether oxygens (including phenoxy) is 1. The molecule has 114 valence electrons. The van der Waals surface area contributed by atoms with E-state index in [1.54, 1.807) is 17.0 Å². The van der Waals surface area contributed by atoms with Gasteiger partial charge in [0.25, 0.3) is 0 Å². The molecule has 6 nitrogen and oxygen atoms in total. The number of urea groups is 1. The molecule has 2 rings (SSSR count). The molecule has 0 saturated carbocycles. The van der Waals surface area contributed by atoms with Crippen molar-refractivity contribution in [2.45, 2.75) is 13.0 Å². The Morgan fingerprint density at radius 3 is 2.76 bits per heavy atom. The maximum absolute atomic E-state index is 12.0. The van der Waals surface area contributed by atoms with Gasteiger partial charge in [0.05, 0.1) is 19.3 Å². The smallest absolute Gasteiger partial charge is 0.319 e. The van der Waals surface area contributed by atoms with Gasteiger partial charge in [-0.3, -0.25) is 4.79 Å². The number of morpholine rings is 1. The molecule has 0 bridgehead atoms. The van der Waals surface area contributed by atoms with Crippen LogP contribution in [0, 0.1) is 0 Å². The Labute approximate surface area is 132 Å². The number of hydrogen-bond donors (Lipinski definition) is 2.